The highest BCUT2D eigenvalue weighted by molar-refractivity contribution is 7.88. The van der Waals surface area contributed by atoms with Crippen LogP contribution in [0.3, 0.4) is 0 Å². The maximum atomic E-state index is 12.4. The summed E-state index contributed by atoms with van der Waals surface area (Å²) >= 11 is 0. The van der Waals surface area contributed by atoms with Gasteiger partial charge in [-0.25, -0.2) is 13.1 Å². The number of carbonyl (C=O) groups is 1. The predicted molar refractivity (Wildman–Crippen MR) is 51.5 cm³/mol. The van der Waals surface area contributed by atoms with E-state index in [0.717, 1.165) is 6.26 Å². The maximum absolute atomic E-state index is 12.4. The largest absolute Gasteiger partial charge is 0.463 e. The van der Waals surface area contributed by atoms with E-state index in [1.165, 1.54) is 5.32 Å². The van der Waals surface area contributed by atoms with Crippen LogP contribution in [0.25, 0.3) is 0 Å². The van der Waals surface area contributed by atoms with E-state index >= 15 is 0 Å². The van der Waals surface area contributed by atoms with E-state index in [-0.39, 0.29) is 13.0 Å². The molecular weight excluding hydrogens is 287 g/mol. The highest BCUT2D eigenvalue weighted by Crippen LogP contribution is 2.35. The standard InChI is InChI=1S/C7H11F5N2O3S/c1-18(16,17)14-4-2-3-13-5(15)6(8,9)7(10,11)12/h14H,2-4H2,1H3,(H,13,15). The molecule has 0 atom stereocenters. The highest BCUT2D eigenvalue weighted by Gasteiger charge is 2.63. The maximum Gasteiger partial charge on any atom is 0.463 e. The molecule has 2 N–H and O–H groups in total. The Morgan fingerprint density at radius 2 is 1.61 bits per heavy atom. The molecule has 0 radical (unpaired) electrons. The lowest BCUT2D eigenvalue weighted by atomic mass is 10.3. The molecule has 0 aliphatic rings. The number of carbonyl (C=O) groups excluding carboxylic acids is 1. The minimum Gasteiger partial charge on any atom is -0.351 e. The van der Waals surface area contributed by atoms with Gasteiger partial charge in [0, 0.05) is 13.1 Å². The highest BCUT2D eigenvalue weighted by atomic mass is 32.2. The van der Waals surface area contributed by atoms with Crippen LogP contribution in [0.5, 0.6) is 0 Å². The van der Waals surface area contributed by atoms with Crippen molar-refractivity contribution in [2.75, 3.05) is 19.3 Å². The normalized spacial score (nSPS) is 13.4. The van der Waals surface area contributed by atoms with E-state index in [9.17, 15) is 35.2 Å². The lowest BCUT2D eigenvalue weighted by Gasteiger charge is -2.18. The monoisotopic (exact) mass is 298 g/mol. The zero-order chi connectivity index (χ0) is 14.6. The molecule has 0 aliphatic heterocycles. The molecule has 0 heterocycles. The summed E-state index contributed by atoms with van der Waals surface area (Å²) in [5.74, 6) is -7.92. The molecule has 5 nitrogen and oxygen atoms in total. The van der Waals surface area contributed by atoms with Gasteiger partial charge in [-0.2, -0.15) is 22.0 Å². The third kappa shape index (κ3) is 5.58. The van der Waals surface area contributed by atoms with Gasteiger partial charge in [0.05, 0.1) is 6.26 Å². The van der Waals surface area contributed by atoms with Gasteiger partial charge in [0.15, 0.2) is 0 Å². The smallest absolute Gasteiger partial charge is 0.351 e. The molecule has 0 fully saturated rings. The Labute approximate surface area is 99.8 Å². The van der Waals surface area contributed by atoms with E-state index in [4.69, 9.17) is 0 Å². The molecule has 0 aromatic carbocycles. The Bertz CT molecular complexity index is 392. The van der Waals surface area contributed by atoms with Crippen LogP contribution >= 0.6 is 0 Å². The molecule has 0 bridgehead atoms. The van der Waals surface area contributed by atoms with Gasteiger partial charge in [-0.05, 0) is 6.42 Å². The van der Waals surface area contributed by atoms with Crippen LogP contribution in [0.15, 0.2) is 0 Å². The molecule has 0 saturated heterocycles. The predicted octanol–water partition coefficient (Wildman–Crippen LogP) is 0.239. The van der Waals surface area contributed by atoms with E-state index in [1.54, 1.807) is 0 Å². The summed E-state index contributed by atoms with van der Waals surface area (Å²) in [4.78, 5) is 10.6. The molecule has 0 unspecified atom stereocenters. The van der Waals surface area contributed by atoms with Gasteiger partial charge in [-0.1, -0.05) is 0 Å². The van der Waals surface area contributed by atoms with E-state index in [1.807, 2.05) is 4.72 Å². The van der Waals surface area contributed by atoms with Crippen LogP contribution in [0, 0.1) is 0 Å². The Morgan fingerprint density at radius 1 is 1.11 bits per heavy atom. The van der Waals surface area contributed by atoms with Crippen molar-refractivity contribution in [3.05, 3.63) is 0 Å². The summed E-state index contributed by atoms with van der Waals surface area (Å²) in [6, 6.07) is 0. The number of nitrogens with one attached hydrogen (secondary N) is 2. The van der Waals surface area contributed by atoms with Crippen molar-refractivity contribution in [1.82, 2.24) is 10.0 Å². The summed E-state index contributed by atoms with van der Waals surface area (Å²) in [6.07, 6.45) is -5.22. The van der Waals surface area contributed by atoms with E-state index in [2.05, 4.69) is 0 Å². The number of halogens is 5. The molecule has 0 saturated carbocycles. The molecule has 0 aromatic rings. The zero-order valence-corrected chi connectivity index (χ0v) is 9.96. The molecule has 11 heteroatoms. The summed E-state index contributed by atoms with van der Waals surface area (Å²) in [6.45, 7) is -0.691. The topological polar surface area (TPSA) is 75.3 Å². The minimum atomic E-state index is -5.96. The lowest BCUT2D eigenvalue weighted by molar-refractivity contribution is -0.269. The number of hydrogen-bond donors (Lipinski definition) is 2. The number of hydrogen-bond acceptors (Lipinski definition) is 3. The van der Waals surface area contributed by atoms with Gasteiger partial charge in [0.25, 0.3) is 5.91 Å². The third-order valence-corrected chi connectivity index (χ3v) is 2.37. The van der Waals surface area contributed by atoms with Gasteiger partial charge in [0.2, 0.25) is 10.0 Å². The van der Waals surface area contributed by atoms with Crippen LogP contribution in [0.2, 0.25) is 0 Å². The lowest BCUT2D eigenvalue weighted by Crippen LogP contribution is -2.50. The van der Waals surface area contributed by atoms with Crippen LogP contribution in [0.1, 0.15) is 6.42 Å². The Hall–Kier alpha value is -0.970. The van der Waals surface area contributed by atoms with Gasteiger partial charge in [0.1, 0.15) is 0 Å². The van der Waals surface area contributed by atoms with Crippen molar-refractivity contribution in [1.29, 1.82) is 0 Å². The average Bonchev–Trinajstić information content (AvgIpc) is 2.13. The second-order valence-corrected chi connectivity index (χ2v) is 5.18. The number of amides is 1. The third-order valence-electron chi connectivity index (χ3n) is 1.64. The second kappa shape index (κ2) is 5.78. The minimum absolute atomic E-state index is 0.118. The SMILES string of the molecule is CS(=O)(=O)NCCCNC(=O)C(F)(F)C(F)(F)F. The van der Waals surface area contributed by atoms with Crippen molar-refractivity contribution in [2.45, 2.75) is 18.5 Å². The quantitative estimate of drug-likeness (QED) is 0.545. The van der Waals surface area contributed by atoms with E-state index in [0.29, 0.717) is 0 Å². The average molecular weight is 298 g/mol. The van der Waals surface area contributed by atoms with Crippen molar-refractivity contribution in [2.24, 2.45) is 0 Å². The van der Waals surface area contributed by atoms with Crippen LogP contribution in [-0.4, -0.2) is 45.8 Å². The first-order valence-corrected chi connectivity index (χ1v) is 6.44. The van der Waals surface area contributed by atoms with Crippen LogP contribution in [-0.2, 0) is 14.8 Å². The van der Waals surface area contributed by atoms with Crippen LogP contribution in [0.4, 0.5) is 22.0 Å². The first kappa shape index (κ1) is 17.0. The Balaban J connectivity index is 4.06. The first-order chi connectivity index (χ1) is 7.88. The zero-order valence-electron chi connectivity index (χ0n) is 9.14. The van der Waals surface area contributed by atoms with Gasteiger partial charge >= 0.3 is 12.1 Å². The van der Waals surface area contributed by atoms with Gasteiger partial charge in [-0.15, -0.1) is 0 Å². The number of rotatable bonds is 6. The summed E-state index contributed by atoms with van der Waals surface area (Å²) < 4.78 is 83.0. The van der Waals surface area contributed by atoms with Gasteiger partial charge < -0.3 is 5.32 Å². The fourth-order valence-electron chi connectivity index (χ4n) is 0.788. The van der Waals surface area contributed by atoms with Crippen molar-refractivity contribution in [3.63, 3.8) is 0 Å². The summed E-state index contributed by atoms with van der Waals surface area (Å²) in [5.41, 5.74) is 0. The number of sulfonamides is 1. The molecule has 108 valence electrons. The molecular formula is C7H11F5N2O3S. The molecule has 0 aliphatic carbocycles. The second-order valence-electron chi connectivity index (χ2n) is 3.35. The first-order valence-electron chi connectivity index (χ1n) is 4.55. The fourth-order valence-corrected chi connectivity index (χ4v) is 1.30. The van der Waals surface area contributed by atoms with Crippen molar-refractivity contribution >= 4 is 15.9 Å². The number of alkyl halides is 5. The van der Waals surface area contributed by atoms with Crippen molar-refractivity contribution in [3.8, 4) is 0 Å². The summed E-state index contributed by atoms with van der Waals surface area (Å²) in [5, 5.41) is 1.37. The Morgan fingerprint density at radius 3 is 2.00 bits per heavy atom. The fraction of sp³-hybridized carbons (Fsp3) is 0.857. The van der Waals surface area contributed by atoms with E-state index < -0.39 is 34.6 Å². The molecule has 0 rings (SSSR count). The van der Waals surface area contributed by atoms with Crippen LogP contribution < -0.4 is 10.0 Å². The summed E-state index contributed by atoms with van der Waals surface area (Å²) in [7, 11) is -3.47. The molecule has 0 aromatic heterocycles. The molecule has 0 spiro atoms. The van der Waals surface area contributed by atoms with Crippen molar-refractivity contribution < 1.29 is 35.2 Å². The van der Waals surface area contributed by atoms with Gasteiger partial charge in [-0.3, -0.25) is 4.79 Å². The molecule has 1 amide bonds. The molecule has 18 heavy (non-hydrogen) atoms. The Kier molecular flexibility index (Phi) is 5.47.